The van der Waals surface area contributed by atoms with Crippen LogP contribution in [0.25, 0.3) is 5.69 Å². The summed E-state index contributed by atoms with van der Waals surface area (Å²) in [6.07, 6.45) is 0.363. The summed E-state index contributed by atoms with van der Waals surface area (Å²) in [4.78, 5) is 36.0. The van der Waals surface area contributed by atoms with Gasteiger partial charge >= 0.3 is 5.69 Å². The number of aromatic nitrogens is 3. The number of benzene rings is 2. The highest BCUT2D eigenvalue weighted by atomic mass is 16.5. The number of nitrogens with two attached hydrogens (primary N) is 1. The van der Waals surface area contributed by atoms with Crippen LogP contribution in [0.2, 0.25) is 0 Å². The van der Waals surface area contributed by atoms with Crippen molar-refractivity contribution in [2.45, 2.75) is 13.0 Å². The van der Waals surface area contributed by atoms with E-state index in [0.29, 0.717) is 23.7 Å². The first-order chi connectivity index (χ1) is 14.0. The van der Waals surface area contributed by atoms with Crippen LogP contribution >= 0.6 is 0 Å². The van der Waals surface area contributed by atoms with Crippen molar-refractivity contribution in [2.75, 3.05) is 13.7 Å². The van der Waals surface area contributed by atoms with E-state index in [1.165, 1.54) is 9.25 Å². The van der Waals surface area contributed by atoms with Gasteiger partial charge in [-0.1, -0.05) is 30.3 Å². The first kappa shape index (κ1) is 19.9. The zero-order chi connectivity index (χ0) is 20.8. The molecule has 9 heteroatoms. The minimum atomic E-state index is -0.663. The fourth-order valence-electron chi connectivity index (χ4n) is 2.78. The molecule has 0 bridgehead atoms. The van der Waals surface area contributed by atoms with E-state index in [2.05, 4.69) is 10.4 Å². The second-order valence-electron chi connectivity index (χ2n) is 6.30. The van der Waals surface area contributed by atoms with Gasteiger partial charge < -0.3 is 15.8 Å². The van der Waals surface area contributed by atoms with E-state index in [1.807, 2.05) is 30.3 Å². The minimum absolute atomic E-state index is 0.273. The van der Waals surface area contributed by atoms with E-state index in [1.54, 1.807) is 31.4 Å². The summed E-state index contributed by atoms with van der Waals surface area (Å²) >= 11 is 0. The van der Waals surface area contributed by atoms with Gasteiger partial charge in [-0.05, 0) is 29.8 Å². The Kier molecular flexibility index (Phi) is 6.08. The van der Waals surface area contributed by atoms with Gasteiger partial charge in [-0.15, -0.1) is 5.10 Å². The van der Waals surface area contributed by atoms with Crippen LogP contribution in [0.1, 0.15) is 11.4 Å². The first-order valence-corrected chi connectivity index (χ1v) is 8.90. The maximum absolute atomic E-state index is 13.0. The third kappa shape index (κ3) is 4.89. The summed E-state index contributed by atoms with van der Waals surface area (Å²) in [5, 5.41) is 6.82. The Balaban J connectivity index is 1.96. The molecule has 3 N–H and O–H groups in total. The number of hydrogen-bond acceptors (Lipinski definition) is 5. The maximum Gasteiger partial charge on any atom is 0.351 e. The molecule has 29 heavy (non-hydrogen) atoms. The predicted octanol–water partition coefficient (Wildman–Crippen LogP) is 0.235. The van der Waals surface area contributed by atoms with Crippen molar-refractivity contribution >= 4 is 11.8 Å². The maximum atomic E-state index is 13.0. The lowest BCUT2D eigenvalue weighted by Gasteiger charge is -2.06. The minimum Gasteiger partial charge on any atom is -0.497 e. The van der Waals surface area contributed by atoms with E-state index >= 15 is 0 Å². The molecule has 0 atom stereocenters. The molecule has 1 heterocycles. The number of primary amides is 1. The van der Waals surface area contributed by atoms with Gasteiger partial charge in [0.2, 0.25) is 11.8 Å². The molecule has 0 saturated heterocycles. The molecule has 2 amide bonds. The molecular weight excluding hydrogens is 374 g/mol. The van der Waals surface area contributed by atoms with Gasteiger partial charge in [0, 0.05) is 6.42 Å². The first-order valence-electron chi connectivity index (χ1n) is 8.90. The SMILES string of the molecule is COc1ccc(-n2nc(Cc3ccccc3)n(CC(=O)NCC(N)=O)c2=O)cc1. The molecule has 2 aromatic carbocycles. The van der Waals surface area contributed by atoms with Crippen LogP contribution in [0, 0.1) is 0 Å². The summed E-state index contributed by atoms with van der Waals surface area (Å²) < 4.78 is 7.66. The number of hydrogen-bond donors (Lipinski definition) is 2. The Morgan fingerprint density at radius 2 is 1.79 bits per heavy atom. The third-order valence-electron chi connectivity index (χ3n) is 4.22. The van der Waals surface area contributed by atoms with E-state index in [-0.39, 0.29) is 13.1 Å². The second-order valence-corrected chi connectivity index (χ2v) is 6.30. The smallest absolute Gasteiger partial charge is 0.351 e. The Hall–Kier alpha value is -3.88. The molecule has 3 rings (SSSR count). The topological polar surface area (TPSA) is 121 Å². The summed E-state index contributed by atoms with van der Waals surface area (Å²) in [5.41, 5.74) is 6.07. The lowest BCUT2D eigenvalue weighted by molar-refractivity contribution is -0.125. The Morgan fingerprint density at radius 1 is 1.10 bits per heavy atom. The monoisotopic (exact) mass is 395 g/mol. The van der Waals surface area contributed by atoms with Crippen molar-refractivity contribution in [3.63, 3.8) is 0 Å². The van der Waals surface area contributed by atoms with Crippen molar-refractivity contribution in [1.29, 1.82) is 0 Å². The number of ether oxygens (including phenoxy) is 1. The number of methoxy groups -OCH3 is 1. The zero-order valence-corrected chi connectivity index (χ0v) is 15.9. The van der Waals surface area contributed by atoms with Gasteiger partial charge in [0.1, 0.15) is 18.1 Å². The highest BCUT2D eigenvalue weighted by Gasteiger charge is 2.18. The predicted molar refractivity (Wildman–Crippen MR) is 106 cm³/mol. The van der Waals surface area contributed by atoms with Crippen LogP contribution in [0.3, 0.4) is 0 Å². The average Bonchev–Trinajstić information content (AvgIpc) is 3.02. The molecular formula is C20H21N5O4. The van der Waals surface area contributed by atoms with Gasteiger partial charge in [0.15, 0.2) is 0 Å². The third-order valence-corrected chi connectivity index (χ3v) is 4.22. The van der Waals surface area contributed by atoms with E-state index < -0.39 is 17.5 Å². The molecule has 0 unspecified atom stereocenters. The Morgan fingerprint density at radius 3 is 2.41 bits per heavy atom. The molecule has 150 valence electrons. The lowest BCUT2D eigenvalue weighted by Crippen LogP contribution is -2.38. The van der Waals surface area contributed by atoms with Crippen molar-refractivity contribution in [3.05, 3.63) is 76.5 Å². The van der Waals surface area contributed by atoms with Crippen molar-refractivity contribution < 1.29 is 14.3 Å². The number of carbonyl (C=O) groups is 2. The highest BCUT2D eigenvalue weighted by molar-refractivity contribution is 5.83. The number of rotatable bonds is 8. The van der Waals surface area contributed by atoms with Gasteiger partial charge in [-0.25, -0.2) is 4.79 Å². The number of nitrogens with zero attached hydrogens (tertiary/aromatic N) is 3. The quantitative estimate of drug-likeness (QED) is 0.566. The molecule has 0 radical (unpaired) electrons. The molecule has 0 fully saturated rings. The second kappa shape index (κ2) is 8.87. The normalized spacial score (nSPS) is 10.5. The van der Waals surface area contributed by atoms with E-state index in [9.17, 15) is 14.4 Å². The van der Waals surface area contributed by atoms with Crippen LogP contribution in [0.4, 0.5) is 0 Å². The molecule has 0 aliphatic rings. The summed E-state index contributed by atoms with van der Waals surface area (Å²) in [6, 6.07) is 16.3. The Labute approximate surface area is 166 Å². The van der Waals surface area contributed by atoms with Crippen molar-refractivity contribution in [3.8, 4) is 11.4 Å². The van der Waals surface area contributed by atoms with Crippen LogP contribution in [0.5, 0.6) is 5.75 Å². The van der Waals surface area contributed by atoms with Crippen LogP contribution < -0.4 is 21.5 Å². The van der Waals surface area contributed by atoms with E-state index in [4.69, 9.17) is 10.5 Å². The molecule has 1 aromatic heterocycles. The molecule has 0 aliphatic heterocycles. The van der Waals surface area contributed by atoms with Gasteiger partial charge in [0.05, 0.1) is 19.3 Å². The number of carbonyl (C=O) groups excluding carboxylic acids is 2. The van der Waals surface area contributed by atoms with Crippen molar-refractivity contribution in [1.82, 2.24) is 19.7 Å². The van der Waals surface area contributed by atoms with Crippen LogP contribution in [-0.2, 0) is 22.6 Å². The number of amides is 2. The molecule has 9 nitrogen and oxygen atoms in total. The summed E-state index contributed by atoms with van der Waals surface area (Å²) in [5.74, 6) is -0.0959. The molecule has 0 saturated carbocycles. The zero-order valence-electron chi connectivity index (χ0n) is 15.9. The Bertz CT molecular complexity index is 1050. The van der Waals surface area contributed by atoms with Gasteiger partial charge in [0.25, 0.3) is 0 Å². The van der Waals surface area contributed by atoms with Crippen molar-refractivity contribution in [2.24, 2.45) is 5.73 Å². The molecule has 0 spiro atoms. The fraction of sp³-hybridized carbons (Fsp3) is 0.200. The van der Waals surface area contributed by atoms with E-state index in [0.717, 1.165) is 5.56 Å². The molecule has 3 aromatic rings. The summed E-state index contributed by atoms with van der Waals surface area (Å²) in [6.45, 7) is -0.571. The standard InChI is InChI=1S/C20H21N5O4/c1-29-16-9-7-15(8-10-16)25-20(28)24(13-19(27)22-12-17(21)26)18(23-25)11-14-5-3-2-4-6-14/h2-10H,11-13H2,1H3,(H2,21,26)(H,22,27). The number of nitrogens with one attached hydrogen (secondary N) is 1. The van der Waals surface area contributed by atoms with Gasteiger partial charge in [-0.2, -0.15) is 4.68 Å². The fourth-order valence-corrected chi connectivity index (χ4v) is 2.78. The van der Waals surface area contributed by atoms with Crippen LogP contribution in [0.15, 0.2) is 59.4 Å². The largest absolute Gasteiger partial charge is 0.497 e. The van der Waals surface area contributed by atoms with Gasteiger partial charge in [-0.3, -0.25) is 14.2 Å². The summed E-state index contributed by atoms with van der Waals surface area (Å²) in [7, 11) is 1.55. The highest BCUT2D eigenvalue weighted by Crippen LogP contribution is 2.14. The lowest BCUT2D eigenvalue weighted by atomic mass is 10.1. The average molecular weight is 395 g/mol. The molecule has 0 aliphatic carbocycles. The van der Waals surface area contributed by atoms with Crippen LogP contribution in [-0.4, -0.2) is 39.8 Å².